The van der Waals surface area contributed by atoms with Crippen LogP contribution in [0.5, 0.6) is 5.75 Å². The van der Waals surface area contributed by atoms with E-state index >= 15 is 0 Å². The van der Waals surface area contributed by atoms with E-state index in [4.69, 9.17) is 0 Å². The molecule has 0 atom stereocenters. The number of ether oxygens (including phenoxy) is 1. The lowest BCUT2D eigenvalue weighted by atomic mass is 10.1. The Morgan fingerprint density at radius 3 is 2.57 bits per heavy atom. The van der Waals surface area contributed by atoms with E-state index in [0.717, 1.165) is 22.0 Å². The number of benzene rings is 2. The number of aromatic nitrogens is 1. The Balaban J connectivity index is 1.54. The molecule has 3 aromatic rings. The smallest absolute Gasteiger partial charge is 0.422 e. The maximum absolute atomic E-state index is 12.1. The quantitative estimate of drug-likeness (QED) is 0.635. The van der Waals surface area contributed by atoms with Crippen LogP contribution in [0, 0.1) is 0 Å². The summed E-state index contributed by atoms with van der Waals surface area (Å²) in [6, 6.07) is 15.6. The van der Waals surface area contributed by atoms with Crippen molar-refractivity contribution in [2.24, 2.45) is 0 Å². The molecule has 0 radical (unpaired) electrons. The van der Waals surface area contributed by atoms with Crippen molar-refractivity contribution in [2.45, 2.75) is 12.7 Å². The minimum Gasteiger partial charge on any atom is -0.484 e. The van der Waals surface area contributed by atoms with Crippen LogP contribution in [0.2, 0.25) is 0 Å². The highest BCUT2D eigenvalue weighted by molar-refractivity contribution is 5.95. The second kappa shape index (κ2) is 8.56. The summed E-state index contributed by atoms with van der Waals surface area (Å²) in [6.45, 7) is -1.09. The fourth-order valence-electron chi connectivity index (χ4n) is 2.54. The Morgan fingerprint density at radius 2 is 1.82 bits per heavy atom. The molecule has 0 aliphatic carbocycles. The Hall–Kier alpha value is -3.35. The Bertz CT molecular complexity index is 978. The van der Waals surface area contributed by atoms with Crippen molar-refractivity contribution >= 4 is 22.9 Å². The zero-order valence-corrected chi connectivity index (χ0v) is 14.7. The van der Waals surface area contributed by atoms with E-state index in [1.54, 1.807) is 24.4 Å². The summed E-state index contributed by atoms with van der Waals surface area (Å²) < 4.78 is 41.0. The number of carbonyl (C=O) groups excluding carboxylic acids is 1. The molecular formula is C21H17F3N2O2. The van der Waals surface area contributed by atoms with Gasteiger partial charge in [-0.1, -0.05) is 36.4 Å². The third-order valence-corrected chi connectivity index (χ3v) is 3.87. The van der Waals surface area contributed by atoms with Crippen LogP contribution in [-0.4, -0.2) is 23.7 Å². The van der Waals surface area contributed by atoms with Gasteiger partial charge in [0.25, 0.3) is 0 Å². The van der Waals surface area contributed by atoms with Crippen LogP contribution < -0.4 is 10.1 Å². The largest absolute Gasteiger partial charge is 0.484 e. The third kappa shape index (κ3) is 5.57. The molecule has 144 valence electrons. The Kier molecular flexibility index (Phi) is 5.93. The van der Waals surface area contributed by atoms with Crippen LogP contribution in [0.4, 0.5) is 13.2 Å². The van der Waals surface area contributed by atoms with E-state index in [1.165, 1.54) is 18.2 Å². The zero-order valence-electron chi connectivity index (χ0n) is 14.7. The van der Waals surface area contributed by atoms with E-state index in [1.807, 2.05) is 30.3 Å². The first-order valence-electron chi connectivity index (χ1n) is 8.49. The summed E-state index contributed by atoms with van der Waals surface area (Å²) >= 11 is 0. The summed E-state index contributed by atoms with van der Waals surface area (Å²) in [6.07, 6.45) is 0.434. The first-order valence-corrected chi connectivity index (χ1v) is 8.49. The topological polar surface area (TPSA) is 51.2 Å². The number of hydrogen-bond acceptors (Lipinski definition) is 3. The van der Waals surface area contributed by atoms with E-state index < -0.39 is 12.8 Å². The fourth-order valence-corrected chi connectivity index (χ4v) is 2.54. The van der Waals surface area contributed by atoms with Gasteiger partial charge in [0.05, 0.1) is 5.52 Å². The highest BCUT2D eigenvalue weighted by Crippen LogP contribution is 2.19. The minimum absolute atomic E-state index is 0.121. The van der Waals surface area contributed by atoms with Crippen LogP contribution in [0.25, 0.3) is 17.0 Å². The number of para-hydroxylation sites is 1. The van der Waals surface area contributed by atoms with Gasteiger partial charge in [-0.3, -0.25) is 9.78 Å². The summed E-state index contributed by atoms with van der Waals surface area (Å²) in [5.74, 6) is -0.166. The van der Waals surface area contributed by atoms with Gasteiger partial charge >= 0.3 is 6.18 Å². The average molecular weight is 386 g/mol. The molecule has 2 aromatic carbocycles. The van der Waals surface area contributed by atoms with Crippen molar-refractivity contribution in [2.75, 3.05) is 6.61 Å². The highest BCUT2D eigenvalue weighted by Gasteiger charge is 2.28. The van der Waals surface area contributed by atoms with Crippen molar-refractivity contribution in [3.8, 4) is 5.75 Å². The van der Waals surface area contributed by atoms with Crippen molar-refractivity contribution < 1.29 is 22.7 Å². The molecule has 0 bridgehead atoms. The minimum atomic E-state index is -4.38. The van der Waals surface area contributed by atoms with Crippen LogP contribution >= 0.6 is 0 Å². The predicted octanol–water partition coefficient (Wildman–Crippen LogP) is 4.51. The number of nitrogens with zero attached hydrogens (tertiary/aromatic N) is 1. The predicted molar refractivity (Wildman–Crippen MR) is 101 cm³/mol. The first kappa shape index (κ1) is 19.4. The van der Waals surface area contributed by atoms with Gasteiger partial charge in [-0.05, 0) is 29.8 Å². The Labute approximate surface area is 159 Å². The molecule has 0 unspecified atom stereocenters. The molecule has 0 aliphatic rings. The van der Waals surface area contributed by atoms with Gasteiger partial charge < -0.3 is 10.1 Å². The molecule has 0 saturated heterocycles. The second-order valence-electron chi connectivity index (χ2n) is 6.02. The van der Waals surface area contributed by atoms with Crippen LogP contribution in [-0.2, 0) is 11.3 Å². The first-order chi connectivity index (χ1) is 13.4. The van der Waals surface area contributed by atoms with Gasteiger partial charge in [0.1, 0.15) is 5.75 Å². The number of nitrogens with one attached hydrogen (secondary N) is 1. The van der Waals surface area contributed by atoms with Gasteiger partial charge in [-0.15, -0.1) is 0 Å². The number of pyridine rings is 1. The molecule has 4 nitrogen and oxygen atoms in total. The van der Waals surface area contributed by atoms with Crippen molar-refractivity contribution in [1.29, 1.82) is 0 Å². The maximum atomic E-state index is 12.1. The molecule has 3 rings (SSSR count). The SMILES string of the molecule is O=C(/C=C/c1cccc2cccnc12)NCc1ccc(OCC(F)(F)F)cc1. The number of carbonyl (C=O) groups is 1. The number of fused-ring (bicyclic) bond motifs is 1. The second-order valence-corrected chi connectivity index (χ2v) is 6.02. The number of rotatable bonds is 6. The van der Waals surface area contributed by atoms with Gasteiger partial charge in [-0.25, -0.2) is 0 Å². The van der Waals surface area contributed by atoms with E-state index in [0.29, 0.717) is 0 Å². The molecule has 1 aromatic heterocycles. The van der Waals surface area contributed by atoms with E-state index in [9.17, 15) is 18.0 Å². The number of alkyl halides is 3. The fraction of sp³-hybridized carbons (Fsp3) is 0.143. The zero-order chi connectivity index (χ0) is 20.0. The highest BCUT2D eigenvalue weighted by atomic mass is 19.4. The van der Waals surface area contributed by atoms with E-state index in [-0.39, 0.29) is 18.2 Å². The van der Waals surface area contributed by atoms with Crippen molar-refractivity contribution in [3.63, 3.8) is 0 Å². The standard InChI is InChI=1S/C21H17F3N2O2/c22-21(23,24)14-28-18-9-6-15(7-10-18)13-26-19(27)11-8-17-4-1-3-16-5-2-12-25-20(16)17/h1-12H,13-14H2,(H,26,27)/b11-8+. The van der Waals surface area contributed by atoms with Crippen molar-refractivity contribution in [1.82, 2.24) is 10.3 Å². The number of amides is 1. The molecule has 28 heavy (non-hydrogen) atoms. The average Bonchev–Trinajstić information content (AvgIpc) is 2.69. The summed E-state index contributed by atoms with van der Waals surface area (Å²) in [4.78, 5) is 16.4. The van der Waals surface area contributed by atoms with Gasteiger partial charge in [0.2, 0.25) is 5.91 Å². The molecule has 1 amide bonds. The molecule has 7 heteroatoms. The molecule has 0 spiro atoms. The summed E-state index contributed by atoms with van der Waals surface area (Å²) in [5.41, 5.74) is 2.39. The Morgan fingerprint density at radius 1 is 1.07 bits per heavy atom. The lowest BCUT2D eigenvalue weighted by molar-refractivity contribution is -0.153. The number of halogens is 3. The third-order valence-electron chi connectivity index (χ3n) is 3.87. The van der Waals surface area contributed by atoms with Crippen molar-refractivity contribution in [3.05, 3.63) is 78.0 Å². The van der Waals surface area contributed by atoms with Gasteiger partial charge in [0, 0.05) is 29.8 Å². The normalized spacial score (nSPS) is 11.7. The van der Waals surface area contributed by atoms with Crippen LogP contribution in [0.1, 0.15) is 11.1 Å². The lowest BCUT2D eigenvalue weighted by Crippen LogP contribution is -2.20. The monoisotopic (exact) mass is 386 g/mol. The van der Waals surface area contributed by atoms with E-state index in [2.05, 4.69) is 15.0 Å². The number of hydrogen-bond donors (Lipinski definition) is 1. The van der Waals surface area contributed by atoms with Crippen LogP contribution in [0.3, 0.4) is 0 Å². The molecule has 0 saturated carbocycles. The molecule has 0 fully saturated rings. The van der Waals surface area contributed by atoms with Gasteiger partial charge in [-0.2, -0.15) is 13.2 Å². The summed E-state index contributed by atoms with van der Waals surface area (Å²) in [7, 11) is 0. The molecule has 0 aliphatic heterocycles. The molecule has 1 N–H and O–H groups in total. The summed E-state index contributed by atoms with van der Waals surface area (Å²) in [5, 5.41) is 3.71. The van der Waals surface area contributed by atoms with Gasteiger partial charge in [0.15, 0.2) is 6.61 Å². The molecular weight excluding hydrogens is 369 g/mol. The lowest BCUT2D eigenvalue weighted by Gasteiger charge is -2.09. The molecule has 1 heterocycles. The van der Waals surface area contributed by atoms with Crippen LogP contribution in [0.15, 0.2) is 66.9 Å². The maximum Gasteiger partial charge on any atom is 0.422 e.